The zero-order valence-electron chi connectivity index (χ0n) is 21.8. The van der Waals surface area contributed by atoms with Crippen molar-refractivity contribution in [2.24, 2.45) is 0 Å². The zero-order valence-corrected chi connectivity index (χ0v) is 21.8. The Kier molecular flexibility index (Phi) is 4.81. The largest absolute Gasteiger partial charge is 0.376 e. The van der Waals surface area contributed by atoms with E-state index in [1.807, 2.05) is 36.9 Å². The maximum Gasteiger partial charge on any atom is 0.329 e. The van der Waals surface area contributed by atoms with Crippen molar-refractivity contribution in [3.63, 3.8) is 0 Å². The minimum Gasteiger partial charge on any atom is -0.376 e. The van der Waals surface area contributed by atoms with Crippen LogP contribution in [0.25, 0.3) is 27.8 Å². The van der Waals surface area contributed by atoms with Crippen LogP contribution < -0.4 is 15.7 Å². The van der Waals surface area contributed by atoms with Crippen molar-refractivity contribution in [1.82, 2.24) is 9.97 Å². The summed E-state index contributed by atoms with van der Waals surface area (Å²) in [6.45, 7) is 2.46. The molecule has 1 atom stereocenters. The van der Waals surface area contributed by atoms with Crippen LogP contribution in [0.1, 0.15) is 24.5 Å². The summed E-state index contributed by atoms with van der Waals surface area (Å²) in [6.07, 6.45) is 13.5. The molecule has 5 aromatic rings. The lowest BCUT2D eigenvalue weighted by atomic mass is 9.42. The Morgan fingerprint density at radius 1 is 0.718 bits per heavy atom. The molecule has 4 heterocycles. The molecule has 3 nitrogen and oxygen atoms in total. The quantitative estimate of drug-likeness (QED) is 0.264. The first-order chi connectivity index (χ1) is 19.2. The van der Waals surface area contributed by atoms with Crippen molar-refractivity contribution < 1.29 is 0 Å². The lowest BCUT2D eigenvalue weighted by Gasteiger charge is -2.47. The predicted octanol–water partition coefficient (Wildman–Crippen LogP) is 6.38. The summed E-state index contributed by atoms with van der Waals surface area (Å²) in [7, 11) is 0. The highest BCUT2D eigenvalue weighted by Gasteiger charge is 2.45. The maximum absolute atomic E-state index is 4.44. The minimum atomic E-state index is -0.117. The normalized spacial score (nSPS) is 18.6. The number of benzene rings is 3. The van der Waals surface area contributed by atoms with Crippen LogP contribution in [0.3, 0.4) is 0 Å². The Bertz CT molecular complexity index is 1810. The molecule has 1 unspecified atom stereocenters. The van der Waals surface area contributed by atoms with Gasteiger partial charge in [-0.25, -0.2) is 0 Å². The summed E-state index contributed by atoms with van der Waals surface area (Å²) >= 11 is 0. The second-order valence-corrected chi connectivity index (χ2v) is 10.9. The van der Waals surface area contributed by atoms with Gasteiger partial charge in [0.2, 0.25) is 0 Å². The van der Waals surface area contributed by atoms with Gasteiger partial charge in [-0.2, -0.15) is 0 Å². The first-order valence-corrected chi connectivity index (χ1v) is 13.6. The number of pyridine rings is 2. The third kappa shape index (κ3) is 3.31. The Morgan fingerprint density at radius 2 is 1.46 bits per heavy atom. The molecule has 0 N–H and O–H groups in total. The first kappa shape index (κ1) is 22.3. The SMILES string of the molecule is CC1(c2cccnc2)C=C2C(=CC1)N1B(c3ccccc32)c2ccccc2-c2cc(-c3cccnc3)ccc21. The van der Waals surface area contributed by atoms with E-state index in [-0.39, 0.29) is 12.3 Å². The van der Waals surface area contributed by atoms with Gasteiger partial charge in [0.05, 0.1) is 0 Å². The number of nitrogens with zero attached hydrogens (tertiary/aromatic N) is 3. The molecule has 0 radical (unpaired) electrons. The molecule has 0 amide bonds. The number of anilines is 1. The molecule has 0 bridgehead atoms. The van der Waals surface area contributed by atoms with Gasteiger partial charge in [-0.15, -0.1) is 0 Å². The van der Waals surface area contributed by atoms with Gasteiger partial charge in [-0.05, 0) is 63.9 Å². The van der Waals surface area contributed by atoms with E-state index in [2.05, 4.69) is 113 Å². The van der Waals surface area contributed by atoms with Crippen molar-refractivity contribution in [2.75, 3.05) is 4.81 Å². The van der Waals surface area contributed by atoms with E-state index in [9.17, 15) is 0 Å². The third-order valence-electron chi connectivity index (χ3n) is 8.64. The fourth-order valence-corrected chi connectivity index (χ4v) is 6.71. The van der Waals surface area contributed by atoms with E-state index in [0.29, 0.717) is 0 Å². The van der Waals surface area contributed by atoms with Crippen molar-refractivity contribution in [1.29, 1.82) is 0 Å². The van der Waals surface area contributed by atoms with Gasteiger partial charge in [0, 0.05) is 58.3 Å². The van der Waals surface area contributed by atoms with Crippen LogP contribution in [0, 0.1) is 0 Å². The minimum absolute atomic E-state index is 0.117. The number of hydrogen-bond acceptors (Lipinski definition) is 3. The van der Waals surface area contributed by atoms with Crippen molar-refractivity contribution in [3.8, 4) is 22.3 Å². The first-order valence-electron chi connectivity index (χ1n) is 13.6. The molecule has 2 aliphatic heterocycles. The molecular formula is C35H26BN3. The molecule has 4 heteroatoms. The molecule has 184 valence electrons. The lowest BCUT2D eigenvalue weighted by Crippen LogP contribution is -2.62. The van der Waals surface area contributed by atoms with E-state index in [4.69, 9.17) is 0 Å². The highest BCUT2D eigenvalue weighted by atomic mass is 15.1. The molecule has 0 spiro atoms. The molecule has 0 saturated heterocycles. The van der Waals surface area contributed by atoms with Gasteiger partial charge < -0.3 is 4.81 Å². The van der Waals surface area contributed by atoms with E-state index in [0.717, 1.165) is 12.0 Å². The number of hydrogen-bond donors (Lipinski definition) is 0. The average Bonchev–Trinajstić information content (AvgIpc) is 3.01. The van der Waals surface area contributed by atoms with Crippen LogP contribution in [0.4, 0.5) is 5.69 Å². The van der Waals surface area contributed by atoms with Crippen LogP contribution in [0.5, 0.6) is 0 Å². The zero-order chi connectivity index (χ0) is 26.0. The predicted molar refractivity (Wildman–Crippen MR) is 161 cm³/mol. The van der Waals surface area contributed by atoms with E-state index >= 15 is 0 Å². The van der Waals surface area contributed by atoms with Gasteiger partial charge in [-0.3, -0.25) is 9.97 Å². The topological polar surface area (TPSA) is 29.0 Å². The van der Waals surface area contributed by atoms with E-state index < -0.39 is 0 Å². The molecule has 3 aromatic carbocycles. The molecule has 0 saturated carbocycles. The average molecular weight is 499 g/mol. The molecular weight excluding hydrogens is 473 g/mol. The highest BCUT2D eigenvalue weighted by Crippen LogP contribution is 2.48. The highest BCUT2D eigenvalue weighted by molar-refractivity contribution is 6.91. The number of allylic oxidation sites excluding steroid dienone is 3. The van der Waals surface area contributed by atoms with Crippen LogP contribution in [-0.4, -0.2) is 16.8 Å². The molecule has 39 heavy (non-hydrogen) atoms. The van der Waals surface area contributed by atoms with Crippen LogP contribution in [0.15, 0.2) is 134 Å². The van der Waals surface area contributed by atoms with Crippen molar-refractivity contribution in [3.05, 3.63) is 145 Å². The maximum atomic E-state index is 4.44. The van der Waals surface area contributed by atoms with Crippen molar-refractivity contribution in [2.45, 2.75) is 18.8 Å². The van der Waals surface area contributed by atoms with E-state index in [1.54, 1.807) is 0 Å². The Morgan fingerprint density at radius 3 is 2.23 bits per heavy atom. The van der Waals surface area contributed by atoms with Gasteiger partial charge in [0.1, 0.15) is 0 Å². The van der Waals surface area contributed by atoms with Gasteiger partial charge in [0.25, 0.3) is 0 Å². The van der Waals surface area contributed by atoms with Crippen LogP contribution in [-0.2, 0) is 5.41 Å². The van der Waals surface area contributed by atoms with Crippen molar-refractivity contribution >= 4 is 29.0 Å². The lowest BCUT2D eigenvalue weighted by molar-refractivity contribution is 0.596. The second kappa shape index (κ2) is 8.41. The molecule has 1 aliphatic carbocycles. The molecule has 8 rings (SSSR count). The number of fused-ring (bicyclic) bond motifs is 11. The van der Waals surface area contributed by atoms with Gasteiger partial charge in [0.15, 0.2) is 0 Å². The van der Waals surface area contributed by atoms with E-state index in [1.165, 1.54) is 55.7 Å². The summed E-state index contributed by atoms with van der Waals surface area (Å²) in [5.41, 5.74) is 13.9. The summed E-state index contributed by atoms with van der Waals surface area (Å²) in [5, 5.41) is 0. The Labute approximate surface area is 229 Å². The third-order valence-corrected chi connectivity index (χ3v) is 8.64. The molecule has 2 aromatic heterocycles. The Hall–Kier alpha value is -4.70. The summed E-state index contributed by atoms with van der Waals surface area (Å²) < 4.78 is 0. The smallest absolute Gasteiger partial charge is 0.329 e. The van der Waals surface area contributed by atoms with Crippen LogP contribution in [0.2, 0.25) is 0 Å². The summed E-state index contributed by atoms with van der Waals surface area (Å²) in [6, 6.07) is 33.2. The standard InChI is InChI=1S/C35H26BN3/c1-35(26-9-7-19-38-23-26)17-16-34-30(21-35)28-11-3-5-13-32(28)36-31-12-4-2-10-27(31)29-20-24(14-15-33(29)39(34)36)25-8-6-18-37-22-25/h2-16,18-23H,17H2,1H3. The number of aromatic nitrogens is 2. The fraction of sp³-hybridized carbons (Fsp3) is 0.0857. The summed E-state index contributed by atoms with van der Waals surface area (Å²) in [4.78, 5) is 11.4. The summed E-state index contributed by atoms with van der Waals surface area (Å²) in [5.74, 6) is 0. The fourth-order valence-electron chi connectivity index (χ4n) is 6.71. The van der Waals surface area contributed by atoms with Gasteiger partial charge >= 0.3 is 6.85 Å². The Balaban J connectivity index is 1.38. The van der Waals surface area contributed by atoms with Crippen LogP contribution >= 0.6 is 0 Å². The monoisotopic (exact) mass is 499 g/mol. The van der Waals surface area contributed by atoms with Gasteiger partial charge in [-0.1, -0.05) is 85.8 Å². The molecule has 0 fully saturated rings. The number of rotatable bonds is 2. The second-order valence-electron chi connectivity index (χ2n) is 10.9. The molecule has 3 aliphatic rings.